The molecule has 0 aliphatic rings. The van der Waals surface area contributed by atoms with Gasteiger partial charge in [-0.1, -0.05) is 30.7 Å². The van der Waals surface area contributed by atoms with Gasteiger partial charge in [-0.3, -0.25) is 4.79 Å². The number of hydrogen-bond acceptors (Lipinski definition) is 3. The molecule has 0 aliphatic heterocycles. The number of allylic oxidation sites excluding steroid dienone is 2. The van der Waals surface area contributed by atoms with Gasteiger partial charge in [0.15, 0.2) is 0 Å². The Kier molecular flexibility index (Phi) is 5.43. The largest absolute Gasteiger partial charge is 0.508 e. The summed E-state index contributed by atoms with van der Waals surface area (Å²) in [4.78, 5) is 11.4. The molecule has 3 nitrogen and oxygen atoms in total. The predicted octanol–water partition coefficient (Wildman–Crippen LogP) is 3.40. The third kappa shape index (κ3) is 4.24. The first-order chi connectivity index (χ1) is 8.56. The van der Waals surface area contributed by atoms with E-state index >= 15 is 0 Å². The van der Waals surface area contributed by atoms with Gasteiger partial charge in [0, 0.05) is 5.92 Å². The second-order valence-electron chi connectivity index (χ2n) is 4.34. The molecule has 0 spiro atoms. The lowest BCUT2D eigenvalue weighted by atomic mass is 9.93. The van der Waals surface area contributed by atoms with Crippen LogP contribution in [0.25, 0.3) is 0 Å². The van der Waals surface area contributed by atoms with Gasteiger partial charge >= 0.3 is 5.97 Å². The summed E-state index contributed by atoms with van der Waals surface area (Å²) in [6.07, 6.45) is 3.36. The van der Waals surface area contributed by atoms with Crippen LogP contribution in [0.5, 0.6) is 5.75 Å². The van der Waals surface area contributed by atoms with Crippen LogP contribution in [0.2, 0.25) is 0 Å². The highest BCUT2D eigenvalue weighted by atomic mass is 16.5. The van der Waals surface area contributed by atoms with Crippen LogP contribution in [0.15, 0.2) is 35.9 Å². The van der Waals surface area contributed by atoms with Crippen molar-refractivity contribution in [1.29, 1.82) is 0 Å². The minimum atomic E-state index is -0.228. The molecule has 1 N–H and O–H groups in total. The van der Waals surface area contributed by atoms with E-state index in [4.69, 9.17) is 4.74 Å². The van der Waals surface area contributed by atoms with Crippen molar-refractivity contribution in [3.05, 3.63) is 41.5 Å². The Bertz CT molecular complexity index is 418. The van der Waals surface area contributed by atoms with Gasteiger partial charge in [0.2, 0.25) is 0 Å². The van der Waals surface area contributed by atoms with Crippen LogP contribution in [0, 0.1) is 0 Å². The summed E-state index contributed by atoms with van der Waals surface area (Å²) in [6.45, 7) is 4.13. The van der Waals surface area contributed by atoms with Crippen molar-refractivity contribution in [3.63, 3.8) is 0 Å². The van der Waals surface area contributed by atoms with Crippen molar-refractivity contribution in [2.45, 2.75) is 32.6 Å². The van der Waals surface area contributed by atoms with Crippen LogP contribution >= 0.6 is 0 Å². The van der Waals surface area contributed by atoms with Gasteiger partial charge in [0.05, 0.1) is 13.5 Å². The van der Waals surface area contributed by atoms with Gasteiger partial charge in [0.25, 0.3) is 0 Å². The van der Waals surface area contributed by atoms with Gasteiger partial charge in [-0.25, -0.2) is 0 Å². The molecule has 3 heteroatoms. The van der Waals surface area contributed by atoms with E-state index in [0.29, 0.717) is 6.42 Å². The summed E-state index contributed by atoms with van der Waals surface area (Å²) in [7, 11) is 1.40. The van der Waals surface area contributed by atoms with Gasteiger partial charge in [0.1, 0.15) is 5.75 Å². The molecule has 98 valence electrons. The third-order valence-electron chi connectivity index (χ3n) is 2.98. The first kappa shape index (κ1) is 14.3. The molecule has 0 radical (unpaired) electrons. The number of phenolic OH excluding ortho intramolecular Hbond substituents is 1. The lowest BCUT2D eigenvalue weighted by Crippen LogP contribution is -2.07. The highest BCUT2D eigenvalue weighted by molar-refractivity contribution is 5.70. The molecule has 18 heavy (non-hydrogen) atoms. The molecule has 0 bridgehead atoms. The first-order valence-corrected chi connectivity index (χ1v) is 6.09. The van der Waals surface area contributed by atoms with E-state index in [1.54, 1.807) is 12.1 Å². The molecule has 0 amide bonds. The zero-order valence-electron chi connectivity index (χ0n) is 11.1. The number of methoxy groups -OCH3 is 1. The van der Waals surface area contributed by atoms with Gasteiger partial charge in [-0.2, -0.15) is 0 Å². The maximum Gasteiger partial charge on any atom is 0.306 e. The summed E-state index contributed by atoms with van der Waals surface area (Å²) in [6, 6.07) is 6.94. The fourth-order valence-corrected chi connectivity index (χ4v) is 1.72. The third-order valence-corrected chi connectivity index (χ3v) is 2.98. The number of ether oxygens (including phenoxy) is 1. The molecule has 0 saturated carbocycles. The van der Waals surface area contributed by atoms with Gasteiger partial charge < -0.3 is 9.84 Å². The molecule has 0 unspecified atom stereocenters. The van der Waals surface area contributed by atoms with Crippen molar-refractivity contribution < 1.29 is 14.6 Å². The van der Waals surface area contributed by atoms with Crippen molar-refractivity contribution in [2.24, 2.45) is 0 Å². The van der Waals surface area contributed by atoms with Crippen molar-refractivity contribution in [2.75, 3.05) is 7.11 Å². The topological polar surface area (TPSA) is 46.5 Å². The number of aromatic hydroxyl groups is 1. The lowest BCUT2D eigenvalue weighted by molar-refractivity contribution is -0.140. The number of rotatable bonds is 5. The number of esters is 1. The number of carbonyl (C=O) groups is 1. The van der Waals surface area contributed by atoms with E-state index in [9.17, 15) is 9.90 Å². The van der Waals surface area contributed by atoms with Crippen molar-refractivity contribution in [3.8, 4) is 5.75 Å². The molecule has 1 aromatic carbocycles. The molecule has 1 aromatic rings. The Morgan fingerprint density at radius 2 is 2.00 bits per heavy atom. The van der Waals surface area contributed by atoms with Gasteiger partial charge in [-0.05, 0) is 31.0 Å². The minimum Gasteiger partial charge on any atom is -0.508 e. The average molecular weight is 248 g/mol. The molecule has 0 saturated heterocycles. The highest BCUT2D eigenvalue weighted by Crippen LogP contribution is 2.25. The highest BCUT2D eigenvalue weighted by Gasteiger charge is 2.14. The van der Waals surface area contributed by atoms with Crippen LogP contribution in [0.1, 0.15) is 38.2 Å². The van der Waals surface area contributed by atoms with Crippen molar-refractivity contribution >= 4 is 5.97 Å². The molecule has 0 aromatic heterocycles. The Balaban J connectivity index is 2.96. The summed E-state index contributed by atoms with van der Waals surface area (Å²) in [5.41, 5.74) is 2.24. The normalized spacial score (nSPS) is 13.2. The monoisotopic (exact) mass is 248 g/mol. The summed E-state index contributed by atoms with van der Waals surface area (Å²) >= 11 is 0. The second kappa shape index (κ2) is 6.84. The Morgan fingerprint density at radius 1 is 1.39 bits per heavy atom. The standard InChI is InChI=1S/C15H20O3/c1-4-11(2)9-13(10-15(17)18-3)12-5-7-14(16)8-6-12/h5-9,13,16H,4,10H2,1-3H3/t13-/m1/s1. The van der Waals surface area contributed by atoms with E-state index < -0.39 is 0 Å². The minimum absolute atomic E-state index is 0.00185. The van der Waals surface area contributed by atoms with Gasteiger partial charge in [-0.15, -0.1) is 0 Å². The molecular formula is C15H20O3. The van der Waals surface area contributed by atoms with Crippen molar-refractivity contribution in [1.82, 2.24) is 0 Å². The van der Waals surface area contributed by atoms with Crippen LogP contribution < -0.4 is 0 Å². The lowest BCUT2D eigenvalue weighted by Gasteiger charge is -2.13. The zero-order chi connectivity index (χ0) is 13.5. The van der Waals surface area contributed by atoms with Crippen LogP contribution in [0.3, 0.4) is 0 Å². The van der Waals surface area contributed by atoms with E-state index in [0.717, 1.165) is 12.0 Å². The average Bonchev–Trinajstić information content (AvgIpc) is 2.38. The molecule has 1 atom stereocenters. The molecule has 0 aliphatic carbocycles. The van der Waals surface area contributed by atoms with E-state index in [1.165, 1.54) is 12.7 Å². The maximum atomic E-state index is 11.4. The first-order valence-electron chi connectivity index (χ1n) is 6.09. The van der Waals surface area contributed by atoms with E-state index in [2.05, 4.69) is 13.0 Å². The summed E-state index contributed by atoms with van der Waals surface area (Å²) in [5, 5.41) is 9.29. The quantitative estimate of drug-likeness (QED) is 0.641. The molecule has 0 heterocycles. The number of hydrogen-bond donors (Lipinski definition) is 1. The number of benzene rings is 1. The predicted molar refractivity (Wildman–Crippen MR) is 71.5 cm³/mol. The van der Waals surface area contributed by atoms with Crippen LogP contribution in [-0.4, -0.2) is 18.2 Å². The van der Waals surface area contributed by atoms with E-state index in [1.807, 2.05) is 19.1 Å². The second-order valence-corrected chi connectivity index (χ2v) is 4.34. The Labute approximate surface area is 108 Å². The number of carbonyl (C=O) groups excluding carboxylic acids is 1. The fourth-order valence-electron chi connectivity index (χ4n) is 1.72. The summed E-state index contributed by atoms with van der Waals surface area (Å²) in [5.74, 6) is -0.00186. The van der Waals surface area contributed by atoms with Crippen LogP contribution in [-0.2, 0) is 9.53 Å². The van der Waals surface area contributed by atoms with Crippen LogP contribution in [0.4, 0.5) is 0 Å². The Morgan fingerprint density at radius 3 is 2.50 bits per heavy atom. The Hall–Kier alpha value is -1.77. The smallest absolute Gasteiger partial charge is 0.306 e. The molecule has 0 fully saturated rings. The molecular weight excluding hydrogens is 228 g/mol. The fraction of sp³-hybridized carbons (Fsp3) is 0.400. The van der Waals surface area contributed by atoms with E-state index in [-0.39, 0.29) is 17.6 Å². The SMILES string of the molecule is CCC(C)=C[C@H](CC(=O)OC)c1ccc(O)cc1. The molecule has 1 rings (SSSR count). The number of phenols is 1. The summed E-state index contributed by atoms with van der Waals surface area (Å²) < 4.78 is 4.72. The maximum absolute atomic E-state index is 11.4. The zero-order valence-corrected chi connectivity index (χ0v) is 11.1.